The third-order valence-electron chi connectivity index (χ3n) is 9.53. The lowest BCUT2D eigenvalue weighted by Crippen LogP contribution is -2.28. The van der Waals surface area contributed by atoms with Gasteiger partial charge in [0.25, 0.3) is 0 Å². The molecule has 7 heteroatoms. The Morgan fingerprint density at radius 2 is 0.878 bits per heavy atom. The lowest BCUT2D eigenvalue weighted by Gasteiger charge is -2.34. The zero-order chi connectivity index (χ0) is 33.3. The average molecular weight is 641 g/mol. The lowest BCUT2D eigenvalue weighted by atomic mass is 9.68. The molecule has 6 aromatic carbocycles. The van der Waals surface area contributed by atoms with Gasteiger partial charge in [-0.1, -0.05) is 72.8 Å². The number of benzene rings is 6. The molecule has 0 amide bonds. The Kier molecular flexibility index (Phi) is 6.26. The number of rotatable bonds is 6. The molecule has 0 saturated heterocycles. The molecule has 2 aliphatic carbocycles. The molecule has 0 atom stereocenters. The van der Waals surface area contributed by atoms with Crippen molar-refractivity contribution in [3.05, 3.63) is 178 Å². The first-order valence-electron chi connectivity index (χ1n) is 15.8. The fourth-order valence-electron chi connectivity index (χ4n) is 7.37. The van der Waals surface area contributed by atoms with E-state index in [0.717, 1.165) is 33.4 Å². The molecule has 3 aliphatic rings. The predicted molar refractivity (Wildman–Crippen MR) is 180 cm³/mol. The van der Waals surface area contributed by atoms with E-state index in [-0.39, 0.29) is 29.1 Å². The highest BCUT2D eigenvalue weighted by Gasteiger charge is 2.46. The van der Waals surface area contributed by atoms with Crippen molar-refractivity contribution in [1.82, 2.24) is 0 Å². The minimum Gasteiger partial charge on any atom is -0.457 e. The summed E-state index contributed by atoms with van der Waals surface area (Å²) >= 11 is 0. The van der Waals surface area contributed by atoms with Crippen LogP contribution in [0.1, 0.15) is 70.1 Å². The number of hydrogen-bond donors (Lipinski definition) is 0. The first-order chi connectivity index (χ1) is 23.9. The molecule has 0 spiro atoms. The van der Waals surface area contributed by atoms with Crippen LogP contribution in [0.15, 0.2) is 133 Å². The van der Waals surface area contributed by atoms with Gasteiger partial charge in [-0.3, -0.25) is 9.59 Å². The SMILES string of the molecule is O=C1CC(=O)c2cc(Oc3ccc(C4(c5ccc(Oc6ccc7c(c6)C(=O)OC7=O)cc5)c5ccccc5-c5ccccc54)cc3)ccc21. The first-order valence-corrected chi connectivity index (χ1v) is 15.8. The van der Waals surface area contributed by atoms with Gasteiger partial charge in [0, 0.05) is 11.1 Å². The summed E-state index contributed by atoms with van der Waals surface area (Å²) in [5, 5.41) is 0. The second-order valence-corrected chi connectivity index (χ2v) is 12.2. The minimum atomic E-state index is -0.684. The summed E-state index contributed by atoms with van der Waals surface area (Å²) in [5.41, 5.74) is 7.22. The molecule has 6 aromatic rings. The summed E-state index contributed by atoms with van der Waals surface area (Å²) in [6.45, 7) is 0. The number of cyclic esters (lactones) is 2. The molecule has 1 aliphatic heterocycles. The molecule has 9 rings (SSSR count). The zero-order valence-electron chi connectivity index (χ0n) is 25.8. The van der Waals surface area contributed by atoms with Crippen LogP contribution in [0.2, 0.25) is 0 Å². The highest BCUT2D eigenvalue weighted by Crippen LogP contribution is 2.56. The van der Waals surface area contributed by atoms with Crippen molar-refractivity contribution in [2.45, 2.75) is 11.8 Å². The van der Waals surface area contributed by atoms with Gasteiger partial charge in [0.15, 0.2) is 11.6 Å². The van der Waals surface area contributed by atoms with Crippen molar-refractivity contribution in [2.75, 3.05) is 0 Å². The average Bonchev–Trinajstić information content (AvgIpc) is 3.70. The Morgan fingerprint density at radius 3 is 1.45 bits per heavy atom. The molecule has 49 heavy (non-hydrogen) atoms. The molecular weight excluding hydrogens is 616 g/mol. The molecule has 7 nitrogen and oxygen atoms in total. The largest absolute Gasteiger partial charge is 0.457 e. The number of fused-ring (bicyclic) bond motifs is 5. The molecule has 0 unspecified atom stereocenters. The number of carbonyl (C=O) groups is 4. The Morgan fingerprint density at radius 1 is 0.429 bits per heavy atom. The van der Waals surface area contributed by atoms with Gasteiger partial charge in [-0.05, 0) is 94.0 Å². The molecule has 0 bridgehead atoms. The highest BCUT2D eigenvalue weighted by atomic mass is 16.6. The smallest absolute Gasteiger partial charge is 0.347 e. The van der Waals surface area contributed by atoms with E-state index in [2.05, 4.69) is 60.7 Å². The second kappa shape index (κ2) is 10.7. The maximum absolute atomic E-state index is 12.3. The van der Waals surface area contributed by atoms with Crippen LogP contribution in [-0.2, 0) is 10.2 Å². The molecule has 0 N–H and O–H groups in total. The van der Waals surface area contributed by atoms with Crippen molar-refractivity contribution in [3.63, 3.8) is 0 Å². The molecule has 0 saturated carbocycles. The summed E-state index contributed by atoms with van der Waals surface area (Å²) in [4.78, 5) is 48.4. The molecule has 1 heterocycles. The fourth-order valence-corrected chi connectivity index (χ4v) is 7.37. The van der Waals surface area contributed by atoms with E-state index in [1.165, 1.54) is 12.1 Å². The normalized spacial score (nSPS) is 14.9. The van der Waals surface area contributed by atoms with E-state index in [4.69, 9.17) is 14.2 Å². The van der Waals surface area contributed by atoms with Crippen molar-refractivity contribution >= 4 is 23.5 Å². The Balaban J connectivity index is 1.10. The fraction of sp³-hybridized carbons (Fsp3) is 0.0476. The number of hydrogen-bond acceptors (Lipinski definition) is 7. The Bertz CT molecular complexity index is 2230. The van der Waals surface area contributed by atoms with Gasteiger partial charge in [-0.25, -0.2) is 9.59 Å². The zero-order valence-corrected chi connectivity index (χ0v) is 25.8. The molecular formula is C42H24O7. The van der Waals surface area contributed by atoms with Gasteiger partial charge in [-0.2, -0.15) is 0 Å². The summed E-state index contributed by atoms with van der Waals surface area (Å²) in [7, 11) is 0. The monoisotopic (exact) mass is 640 g/mol. The molecule has 234 valence electrons. The summed E-state index contributed by atoms with van der Waals surface area (Å²) in [5.74, 6) is 0.374. The summed E-state index contributed by atoms with van der Waals surface area (Å²) in [6.07, 6.45) is -0.0990. The van der Waals surface area contributed by atoms with Gasteiger partial charge in [-0.15, -0.1) is 0 Å². The van der Waals surface area contributed by atoms with Crippen LogP contribution in [0.3, 0.4) is 0 Å². The van der Waals surface area contributed by atoms with Gasteiger partial charge in [0.2, 0.25) is 0 Å². The van der Waals surface area contributed by atoms with E-state index < -0.39 is 17.4 Å². The van der Waals surface area contributed by atoms with Crippen molar-refractivity contribution in [3.8, 4) is 34.1 Å². The molecule has 0 radical (unpaired) electrons. The maximum atomic E-state index is 12.3. The van der Waals surface area contributed by atoms with E-state index in [1.54, 1.807) is 24.3 Å². The third kappa shape index (κ3) is 4.36. The van der Waals surface area contributed by atoms with Crippen LogP contribution in [0, 0.1) is 0 Å². The third-order valence-corrected chi connectivity index (χ3v) is 9.53. The van der Waals surface area contributed by atoms with Crippen LogP contribution < -0.4 is 9.47 Å². The van der Waals surface area contributed by atoms with Gasteiger partial charge < -0.3 is 14.2 Å². The van der Waals surface area contributed by atoms with Crippen molar-refractivity contribution < 1.29 is 33.4 Å². The van der Waals surface area contributed by atoms with E-state index in [1.807, 2.05) is 36.4 Å². The Hall–Kier alpha value is -6.60. The van der Waals surface area contributed by atoms with Crippen LogP contribution >= 0.6 is 0 Å². The second-order valence-electron chi connectivity index (χ2n) is 12.2. The summed E-state index contributed by atoms with van der Waals surface area (Å²) < 4.78 is 17.0. The molecule has 0 fully saturated rings. The van der Waals surface area contributed by atoms with Crippen LogP contribution in [-0.4, -0.2) is 23.5 Å². The Labute approximate surface area is 280 Å². The van der Waals surface area contributed by atoms with Crippen molar-refractivity contribution in [1.29, 1.82) is 0 Å². The van der Waals surface area contributed by atoms with E-state index in [0.29, 0.717) is 34.1 Å². The van der Waals surface area contributed by atoms with Crippen LogP contribution in [0.4, 0.5) is 0 Å². The van der Waals surface area contributed by atoms with Crippen molar-refractivity contribution in [2.24, 2.45) is 0 Å². The number of Topliss-reactive ketones (excluding diaryl/α,β-unsaturated/α-hetero) is 2. The van der Waals surface area contributed by atoms with E-state index >= 15 is 0 Å². The van der Waals surface area contributed by atoms with Gasteiger partial charge in [0.05, 0.1) is 23.0 Å². The lowest BCUT2D eigenvalue weighted by molar-refractivity contribution is 0.0443. The van der Waals surface area contributed by atoms with Gasteiger partial charge >= 0.3 is 11.9 Å². The number of ketones is 2. The molecule has 0 aromatic heterocycles. The van der Waals surface area contributed by atoms with Crippen LogP contribution in [0.25, 0.3) is 11.1 Å². The first kappa shape index (κ1) is 28.6. The number of ether oxygens (including phenoxy) is 3. The van der Waals surface area contributed by atoms with Crippen LogP contribution in [0.5, 0.6) is 23.0 Å². The minimum absolute atomic E-state index is 0.0990. The van der Waals surface area contributed by atoms with E-state index in [9.17, 15) is 19.2 Å². The standard InChI is InChI=1S/C42H24O7/c43-38-23-39(44)34-21-28(17-19-32(34)38)47-26-13-9-24(10-14-26)42(36-7-3-1-5-30(36)31-6-2-4-8-37(31)42)25-11-15-27(16-12-25)48-29-18-20-33-35(22-29)41(46)49-40(33)45/h1-22H,23H2. The van der Waals surface area contributed by atoms with Gasteiger partial charge in [0.1, 0.15) is 23.0 Å². The number of carbonyl (C=O) groups excluding carboxylic acids is 4. The quantitative estimate of drug-likeness (QED) is 0.133. The number of esters is 2. The maximum Gasteiger partial charge on any atom is 0.347 e. The highest BCUT2D eigenvalue weighted by molar-refractivity contribution is 6.24. The predicted octanol–water partition coefficient (Wildman–Crippen LogP) is 8.71. The topological polar surface area (TPSA) is 96.0 Å². The summed E-state index contributed by atoms with van der Waals surface area (Å²) in [6, 6.07) is 42.4.